The van der Waals surface area contributed by atoms with Crippen molar-refractivity contribution in [2.24, 2.45) is 5.92 Å². The van der Waals surface area contributed by atoms with Crippen LogP contribution in [0.4, 0.5) is 0 Å². The average molecular weight is 303 g/mol. The molecule has 1 aliphatic carbocycles. The summed E-state index contributed by atoms with van der Waals surface area (Å²) in [5.41, 5.74) is 0.956. The first-order chi connectivity index (χ1) is 10.5. The molecule has 0 saturated carbocycles. The van der Waals surface area contributed by atoms with E-state index in [4.69, 9.17) is 9.84 Å². The van der Waals surface area contributed by atoms with Crippen LogP contribution in [0.1, 0.15) is 37.8 Å². The SMILES string of the molecule is C[C@@H](NC(=O)C[C@H]1C=CCC1)c1ccc(OCC(=O)O)cc1. The number of carboxylic acid groups (broad SMARTS) is 1. The molecule has 118 valence electrons. The third-order valence-electron chi connectivity index (χ3n) is 3.68. The lowest BCUT2D eigenvalue weighted by atomic mass is 10.0. The van der Waals surface area contributed by atoms with Gasteiger partial charge in [-0.25, -0.2) is 4.79 Å². The van der Waals surface area contributed by atoms with E-state index in [0.717, 1.165) is 18.4 Å². The first kappa shape index (κ1) is 16.1. The molecule has 1 aromatic carbocycles. The monoisotopic (exact) mass is 303 g/mol. The van der Waals surface area contributed by atoms with E-state index in [-0.39, 0.29) is 18.6 Å². The molecule has 0 heterocycles. The van der Waals surface area contributed by atoms with Crippen LogP contribution in [0, 0.1) is 5.92 Å². The standard InChI is InChI=1S/C17H21NO4/c1-12(18-16(19)10-13-4-2-3-5-13)14-6-8-15(9-7-14)22-11-17(20)21/h2,4,6-9,12-13H,3,5,10-11H2,1H3,(H,18,19)(H,20,21)/t12-,13+/m1/s1. The second-order valence-corrected chi connectivity index (χ2v) is 5.51. The molecule has 22 heavy (non-hydrogen) atoms. The largest absolute Gasteiger partial charge is 0.482 e. The van der Waals surface area contributed by atoms with Crippen LogP contribution in [-0.2, 0) is 9.59 Å². The van der Waals surface area contributed by atoms with E-state index in [1.807, 2.05) is 19.1 Å². The zero-order valence-corrected chi connectivity index (χ0v) is 12.6. The molecule has 0 saturated heterocycles. The molecular weight excluding hydrogens is 282 g/mol. The van der Waals surface area contributed by atoms with Crippen molar-refractivity contribution in [2.45, 2.75) is 32.2 Å². The number of hydrogen-bond acceptors (Lipinski definition) is 3. The van der Waals surface area contributed by atoms with Gasteiger partial charge in [0.05, 0.1) is 6.04 Å². The molecule has 0 bridgehead atoms. The first-order valence-corrected chi connectivity index (χ1v) is 7.45. The van der Waals surface area contributed by atoms with Crippen molar-refractivity contribution in [3.8, 4) is 5.75 Å². The predicted octanol–water partition coefficient (Wildman–Crippen LogP) is 2.68. The van der Waals surface area contributed by atoms with Crippen molar-refractivity contribution in [3.63, 3.8) is 0 Å². The molecule has 0 radical (unpaired) electrons. The maximum absolute atomic E-state index is 12.0. The third kappa shape index (κ3) is 4.91. The van der Waals surface area contributed by atoms with Gasteiger partial charge in [-0.05, 0) is 43.4 Å². The molecule has 2 rings (SSSR count). The van der Waals surface area contributed by atoms with Gasteiger partial charge >= 0.3 is 5.97 Å². The van der Waals surface area contributed by atoms with Crippen molar-refractivity contribution in [3.05, 3.63) is 42.0 Å². The van der Waals surface area contributed by atoms with E-state index < -0.39 is 5.97 Å². The molecule has 1 aromatic rings. The second kappa shape index (κ2) is 7.64. The topological polar surface area (TPSA) is 75.6 Å². The van der Waals surface area contributed by atoms with Gasteiger partial charge in [0, 0.05) is 6.42 Å². The fraction of sp³-hybridized carbons (Fsp3) is 0.412. The quantitative estimate of drug-likeness (QED) is 0.759. The average Bonchev–Trinajstić information content (AvgIpc) is 2.98. The molecule has 2 atom stereocenters. The van der Waals surface area contributed by atoms with Crippen molar-refractivity contribution in [1.29, 1.82) is 0 Å². The molecule has 0 fully saturated rings. The number of amides is 1. The Morgan fingerprint density at radius 3 is 2.68 bits per heavy atom. The summed E-state index contributed by atoms with van der Waals surface area (Å²) in [6, 6.07) is 6.99. The van der Waals surface area contributed by atoms with Crippen molar-refractivity contribution in [2.75, 3.05) is 6.61 Å². The number of carbonyl (C=O) groups excluding carboxylic acids is 1. The van der Waals surface area contributed by atoms with Crippen LogP contribution < -0.4 is 10.1 Å². The zero-order valence-electron chi connectivity index (χ0n) is 12.6. The van der Waals surface area contributed by atoms with Gasteiger partial charge in [-0.15, -0.1) is 0 Å². The second-order valence-electron chi connectivity index (χ2n) is 5.51. The Morgan fingerprint density at radius 1 is 1.36 bits per heavy atom. The third-order valence-corrected chi connectivity index (χ3v) is 3.68. The highest BCUT2D eigenvalue weighted by Crippen LogP contribution is 2.21. The predicted molar refractivity (Wildman–Crippen MR) is 82.6 cm³/mol. The van der Waals surface area contributed by atoms with E-state index in [0.29, 0.717) is 18.1 Å². The maximum Gasteiger partial charge on any atom is 0.341 e. The number of nitrogens with one attached hydrogen (secondary N) is 1. The van der Waals surface area contributed by atoms with Gasteiger partial charge in [0.1, 0.15) is 5.75 Å². The van der Waals surface area contributed by atoms with Gasteiger partial charge in [0.15, 0.2) is 6.61 Å². The summed E-state index contributed by atoms with van der Waals surface area (Å²) in [4.78, 5) is 22.4. The van der Waals surface area contributed by atoms with E-state index in [1.54, 1.807) is 12.1 Å². The lowest BCUT2D eigenvalue weighted by Gasteiger charge is -2.16. The molecular formula is C17H21NO4. The van der Waals surface area contributed by atoms with Crippen molar-refractivity contribution in [1.82, 2.24) is 5.32 Å². The van der Waals surface area contributed by atoms with E-state index in [9.17, 15) is 9.59 Å². The Balaban J connectivity index is 1.83. The summed E-state index contributed by atoms with van der Waals surface area (Å²) in [5, 5.41) is 11.5. The Morgan fingerprint density at radius 2 is 2.09 bits per heavy atom. The zero-order chi connectivity index (χ0) is 15.9. The molecule has 5 heteroatoms. The van der Waals surface area contributed by atoms with Gasteiger partial charge in [-0.3, -0.25) is 4.79 Å². The van der Waals surface area contributed by atoms with E-state index in [2.05, 4.69) is 17.5 Å². The summed E-state index contributed by atoms with van der Waals surface area (Å²) >= 11 is 0. The van der Waals surface area contributed by atoms with Gasteiger partial charge < -0.3 is 15.2 Å². The Hall–Kier alpha value is -2.30. The highest BCUT2D eigenvalue weighted by Gasteiger charge is 2.16. The normalized spacial score (nSPS) is 18.0. The number of allylic oxidation sites excluding steroid dienone is 2. The number of benzene rings is 1. The lowest BCUT2D eigenvalue weighted by molar-refractivity contribution is -0.139. The van der Waals surface area contributed by atoms with Crippen molar-refractivity contribution >= 4 is 11.9 Å². The van der Waals surface area contributed by atoms with Gasteiger partial charge in [0.25, 0.3) is 0 Å². The van der Waals surface area contributed by atoms with Crippen LogP contribution in [0.3, 0.4) is 0 Å². The van der Waals surface area contributed by atoms with Crippen LogP contribution in [0.15, 0.2) is 36.4 Å². The summed E-state index contributed by atoms with van der Waals surface area (Å²) in [7, 11) is 0. The van der Waals surface area contributed by atoms with Crippen LogP contribution in [0.5, 0.6) is 5.75 Å². The number of hydrogen-bond donors (Lipinski definition) is 2. The number of carbonyl (C=O) groups is 2. The summed E-state index contributed by atoms with van der Waals surface area (Å²) < 4.78 is 5.08. The molecule has 1 aliphatic rings. The Labute approximate surface area is 130 Å². The van der Waals surface area contributed by atoms with Crippen molar-refractivity contribution < 1.29 is 19.4 Å². The Kier molecular flexibility index (Phi) is 5.58. The summed E-state index contributed by atoms with van der Waals surface area (Å²) in [5.74, 6) is -0.0966. The summed E-state index contributed by atoms with van der Waals surface area (Å²) in [6.07, 6.45) is 6.87. The minimum absolute atomic E-state index is 0.0512. The molecule has 0 aliphatic heterocycles. The van der Waals surface area contributed by atoms with E-state index in [1.165, 1.54) is 0 Å². The number of rotatable bonds is 7. The summed E-state index contributed by atoms with van der Waals surface area (Å²) in [6.45, 7) is 1.57. The Bertz CT molecular complexity index is 550. The first-order valence-electron chi connectivity index (χ1n) is 7.45. The van der Waals surface area contributed by atoms with Gasteiger partial charge in [-0.1, -0.05) is 24.3 Å². The molecule has 5 nitrogen and oxygen atoms in total. The van der Waals surface area contributed by atoms with Crippen LogP contribution >= 0.6 is 0 Å². The van der Waals surface area contributed by atoms with E-state index >= 15 is 0 Å². The minimum Gasteiger partial charge on any atom is -0.482 e. The molecule has 0 aromatic heterocycles. The molecule has 1 amide bonds. The smallest absolute Gasteiger partial charge is 0.341 e. The van der Waals surface area contributed by atoms with Gasteiger partial charge in [-0.2, -0.15) is 0 Å². The minimum atomic E-state index is -1.01. The molecule has 2 N–H and O–H groups in total. The highest BCUT2D eigenvalue weighted by atomic mass is 16.5. The van der Waals surface area contributed by atoms with Crippen LogP contribution in [0.2, 0.25) is 0 Å². The van der Waals surface area contributed by atoms with Crippen LogP contribution in [-0.4, -0.2) is 23.6 Å². The van der Waals surface area contributed by atoms with Gasteiger partial charge in [0.2, 0.25) is 5.91 Å². The fourth-order valence-corrected chi connectivity index (χ4v) is 2.48. The number of ether oxygens (including phenoxy) is 1. The molecule has 0 spiro atoms. The van der Waals surface area contributed by atoms with Crippen LogP contribution in [0.25, 0.3) is 0 Å². The maximum atomic E-state index is 12.0. The number of carboxylic acids is 1. The lowest BCUT2D eigenvalue weighted by Crippen LogP contribution is -2.27. The highest BCUT2D eigenvalue weighted by molar-refractivity contribution is 5.77. The molecule has 0 unspecified atom stereocenters. The number of aliphatic carboxylic acids is 1. The fourth-order valence-electron chi connectivity index (χ4n) is 2.48.